The Morgan fingerprint density at radius 3 is 2.48 bits per heavy atom. The van der Waals surface area contributed by atoms with Gasteiger partial charge in [0.1, 0.15) is 17.3 Å². The highest BCUT2D eigenvalue weighted by molar-refractivity contribution is 7.97. The van der Waals surface area contributed by atoms with Crippen LogP contribution in [0.2, 0.25) is 5.02 Å². The summed E-state index contributed by atoms with van der Waals surface area (Å²) in [7, 11) is 8.62. The van der Waals surface area contributed by atoms with Crippen molar-refractivity contribution in [3.8, 4) is 17.0 Å². The number of aromatic nitrogens is 5. The standard InChI is InChI=1S/C40H45ClFN5O6S/c1-45-37-31(30(7-6-14-48)39(45)40(50)52-5)12-13-33(41)36(37)38-32(34(44-47(38)3)21-53-16-15-51-4)23-54-22-27-20-28(46(2)43-27)10-8-24-17-25-19-26(42)9-11-29(25)35(49)18-24/h9,11-13,17-20,48-49H,6-8,10,14-16,21-23H2,1-5H3. The number of phenolic OH excluding ortho intramolecular Hbond substituents is 1. The molecule has 3 heterocycles. The van der Waals surface area contributed by atoms with Crippen LogP contribution in [0, 0.1) is 5.82 Å². The molecule has 0 amide bonds. The van der Waals surface area contributed by atoms with Crippen molar-refractivity contribution in [1.29, 1.82) is 0 Å². The number of carbonyl (C=O) groups excluding carboxylic acids is 1. The molecule has 0 saturated carbocycles. The molecule has 6 aromatic rings. The first kappa shape index (κ1) is 39.3. The van der Waals surface area contributed by atoms with Crippen molar-refractivity contribution in [1.82, 2.24) is 24.1 Å². The summed E-state index contributed by atoms with van der Waals surface area (Å²) in [5.74, 6) is 0.537. The monoisotopic (exact) mass is 777 g/mol. The third-order valence-corrected chi connectivity index (χ3v) is 11.0. The molecule has 0 aliphatic rings. The number of aliphatic hydroxyl groups excluding tert-OH is 1. The lowest BCUT2D eigenvalue weighted by atomic mass is 10.00. The van der Waals surface area contributed by atoms with Crippen LogP contribution in [-0.4, -0.2) is 74.4 Å². The van der Waals surface area contributed by atoms with Crippen LogP contribution >= 0.6 is 23.4 Å². The molecule has 2 N–H and O–H groups in total. The van der Waals surface area contributed by atoms with Crippen molar-refractivity contribution in [2.45, 2.75) is 43.8 Å². The number of thioether (sulfide) groups is 1. The Morgan fingerprint density at radius 2 is 1.72 bits per heavy atom. The van der Waals surface area contributed by atoms with Crippen LogP contribution in [0.1, 0.15) is 50.7 Å². The van der Waals surface area contributed by atoms with Gasteiger partial charge in [0.2, 0.25) is 0 Å². The Hall–Kier alpha value is -4.40. The molecule has 11 nitrogen and oxygen atoms in total. The second kappa shape index (κ2) is 17.4. The molecular weight excluding hydrogens is 733 g/mol. The van der Waals surface area contributed by atoms with Gasteiger partial charge in [0.05, 0.1) is 54.6 Å². The highest BCUT2D eigenvalue weighted by Crippen LogP contribution is 2.42. The van der Waals surface area contributed by atoms with Gasteiger partial charge in [-0.3, -0.25) is 9.36 Å². The average molecular weight is 778 g/mol. The van der Waals surface area contributed by atoms with Gasteiger partial charge in [0.15, 0.2) is 0 Å². The van der Waals surface area contributed by atoms with Crippen molar-refractivity contribution in [3.63, 3.8) is 0 Å². The molecule has 0 saturated heterocycles. The fraction of sp³-hybridized carbons (Fsp3) is 0.375. The molecule has 0 bridgehead atoms. The molecule has 0 radical (unpaired) electrons. The van der Waals surface area contributed by atoms with Crippen LogP contribution in [0.3, 0.4) is 0 Å². The first-order valence-corrected chi connectivity index (χ1v) is 19.2. The zero-order valence-corrected chi connectivity index (χ0v) is 32.7. The Kier molecular flexibility index (Phi) is 12.6. The SMILES string of the molecule is COCCOCc1nn(C)c(-c2c(Cl)ccc3c(CCCO)c(C(=O)OC)n(C)c23)c1CSCc1cc(CCc2cc(O)c3ccc(F)cc3c2)n(C)n1. The van der Waals surface area contributed by atoms with E-state index in [9.17, 15) is 19.4 Å². The zero-order valence-electron chi connectivity index (χ0n) is 31.1. The first-order valence-electron chi connectivity index (χ1n) is 17.7. The maximum absolute atomic E-state index is 13.9. The molecule has 286 valence electrons. The van der Waals surface area contributed by atoms with Gasteiger partial charge in [0.25, 0.3) is 0 Å². The molecule has 0 aliphatic carbocycles. The molecule has 6 rings (SSSR count). The van der Waals surface area contributed by atoms with E-state index in [1.165, 1.54) is 19.2 Å². The Bertz CT molecular complexity index is 2300. The molecule has 0 spiro atoms. The van der Waals surface area contributed by atoms with Crippen LogP contribution in [0.25, 0.3) is 32.9 Å². The second-order valence-corrected chi connectivity index (χ2v) is 14.6. The molecule has 54 heavy (non-hydrogen) atoms. The van der Waals surface area contributed by atoms with Gasteiger partial charge in [-0.25, -0.2) is 9.18 Å². The van der Waals surface area contributed by atoms with Crippen LogP contribution in [-0.2, 0) is 72.7 Å². The van der Waals surface area contributed by atoms with Gasteiger partial charge in [-0.2, -0.15) is 22.0 Å². The van der Waals surface area contributed by atoms with Gasteiger partial charge >= 0.3 is 5.97 Å². The number of aliphatic hydroxyl groups is 1. The summed E-state index contributed by atoms with van der Waals surface area (Å²) < 4.78 is 35.8. The smallest absolute Gasteiger partial charge is 0.354 e. The molecule has 0 unspecified atom stereocenters. The maximum atomic E-state index is 13.9. The van der Waals surface area contributed by atoms with Gasteiger partial charge in [-0.1, -0.05) is 23.7 Å². The normalized spacial score (nSPS) is 11.7. The third kappa shape index (κ3) is 8.15. The lowest BCUT2D eigenvalue weighted by molar-refractivity contribution is 0.0589. The minimum atomic E-state index is -0.461. The van der Waals surface area contributed by atoms with Crippen molar-refractivity contribution in [3.05, 3.63) is 98.8 Å². The highest BCUT2D eigenvalue weighted by atomic mass is 35.5. The Balaban J connectivity index is 1.29. The summed E-state index contributed by atoms with van der Waals surface area (Å²) in [6.07, 6.45) is 2.32. The van der Waals surface area contributed by atoms with E-state index in [4.69, 9.17) is 36.0 Å². The van der Waals surface area contributed by atoms with Crippen LogP contribution in [0.5, 0.6) is 5.75 Å². The van der Waals surface area contributed by atoms with E-state index in [1.807, 2.05) is 53.3 Å². The fourth-order valence-electron chi connectivity index (χ4n) is 7.14. The van der Waals surface area contributed by atoms with E-state index < -0.39 is 5.97 Å². The third-order valence-electron chi connectivity index (χ3n) is 9.65. The van der Waals surface area contributed by atoms with Crippen LogP contribution in [0.4, 0.5) is 4.39 Å². The summed E-state index contributed by atoms with van der Waals surface area (Å²) in [5.41, 5.74) is 8.15. The number of nitrogens with zero attached hydrogens (tertiary/aromatic N) is 5. The number of halogens is 2. The van der Waals surface area contributed by atoms with Crippen LogP contribution in [0.15, 0.2) is 48.5 Å². The summed E-state index contributed by atoms with van der Waals surface area (Å²) >= 11 is 8.74. The number of aryl methyl sites for hydroxylation is 6. The molecule has 3 aromatic carbocycles. The van der Waals surface area contributed by atoms with E-state index in [0.717, 1.165) is 55.9 Å². The van der Waals surface area contributed by atoms with E-state index in [0.29, 0.717) is 71.9 Å². The van der Waals surface area contributed by atoms with Crippen molar-refractivity contribution < 1.29 is 33.6 Å². The summed E-state index contributed by atoms with van der Waals surface area (Å²) in [6, 6.07) is 13.9. The predicted octanol–water partition coefficient (Wildman–Crippen LogP) is 7.06. The lowest BCUT2D eigenvalue weighted by Gasteiger charge is -2.13. The zero-order chi connectivity index (χ0) is 38.5. The number of fused-ring (bicyclic) bond motifs is 2. The van der Waals surface area contributed by atoms with Crippen molar-refractivity contribution in [2.75, 3.05) is 34.0 Å². The number of ether oxygens (including phenoxy) is 3. The number of hydrogen-bond acceptors (Lipinski definition) is 9. The van der Waals surface area contributed by atoms with E-state index in [2.05, 4.69) is 6.07 Å². The summed E-state index contributed by atoms with van der Waals surface area (Å²) in [4.78, 5) is 13.1. The number of phenols is 1. The number of hydrogen-bond donors (Lipinski definition) is 2. The van der Waals surface area contributed by atoms with Gasteiger partial charge < -0.3 is 29.0 Å². The van der Waals surface area contributed by atoms with E-state index in [1.54, 1.807) is 31.0 Å². The largest absolute Gasteiger partial charge is 0.507 e. The average Bonchev–Trinajstić information content (AvgIpc) is 3.76. The maximum Gasteiger partial charge on any atom is 0.354 e. The lowest BCUT2D eigenvalue weighted by Crippen LogP contribution is -2.11. The number of rotatable bonds is 17. The van der Waals surface area contributed by atoms with Crippen molar-refractivity contribution >= 4 is 51.0 Å². The highest BCUT2D eigenvalue weighted by Gasteiger charge is 2.28. The molecule has 14 heteroatoms. The molecular formula is C40H45ClFN5O6S. The first-order chi connectivity index (χ1) is 26.1. The number of benzene rings is 3. The van der Waals surface area contributed by atoms with Gasteiger partial charge in [0, 0.05) is 74.0 Å². The molecule has 0 atom stereocenters. The summed E-state index contributed by atoms with van der Waals surface area (Å²) in [5, 5.41) is 32.5. The van der Waals surface area contributed by atoms with E-state index >= 15 is 0 Å². The Labute approximate surface area is 322 Å². The summed E-state index contributed by atoms with van der Waals surface area (Å²) in [6.45, 7) is 1.12. The topological polar surface area (TPSA) is 126 Å². The fourth-order valence-corrected chi connectivity index (χ4v) is 8.34. The quantitative estimate of drug-likeness (QED) is 0.0740. The van der Waals surface area contributed by atoms with Gasteiger partial charge in [-0.05, 0) is 78.6 Å². The Morgan fingerprint density at radius 1 is 0.926 bits per heavy atom. The molecule has 3 aromatic heterocycles. The minimum Gasteiger partial charge on any atom is -0.507 e. The number of aromatic hydroxyl groups is 1. The molecule has 0 aliphatic heterocycles. The predicted molar refractivity (Wildman–Crippen MR) is 210 cm³/mol. The second-order valence-electron chi connectivity index (χ2n) is 13.2. The number of esters is 1. The van der Waals surface area contributed by atoms with Crippen LogP contribution < -0.4 is 0 Å². The van der Waals surface area contributed by atoms with Gasteiger partial charge in [-0.15, -0.1) is 0 Å². The number of methoxy groups -OCH3 is 2. The minimum absolute atomic E-state index is 0.0118. The molecule has 0 fully saturated rings. The van der Waals surface area contributed by atoms with E-state index in [-0.39, 0.29) is 24.8 Å². The van der Waals surface area contributed by atoms with Crippen molar-refractivity contribution in [2.24, 2.45) is 21.1 Å². The number of carbonyl (C=O) groups is 1.